The van der Waals surface area contributed by atoms with Crippen molar-refractivity contribution in [2.24, 2.45) is 0 Å². The summed E-state index contributed by atoms with van der Waals surface area (Å²) in [7, 11) is 0. The predicted molar refractivity (Wildman–Crippen MR) is 76.5 cm³/mol. The first-order valence-corrected chi connectivity index (χ1v) is 7.39. The highest BCUT2D eigenvalue weighted by Gasteiger charge is 2.18. The summed E-state index contributed by atoms with van der Waals surface area (Å²) in [6.45, 7) is 1.86. The van der Waals surface area contributed by atoms with E-state index < -0.39 is 0 Å². The van der Waals surface area contributed by atoms with Crippen LogP contribution in [0.2, 0.25) is 0 Å². The fourth-order valence-electron chi connectivity index (χ4n) is 2.12. The molecule has 1 aliphatic heterocycles. The Morgan fingerprint density at radius 1 is 1.35 bits per heavy atom. The molecule has 2 aromatic heterocycles. The lowest BCUT2D eigenvalue weighted by molar-refractivity contribution is 0.0934. The maximum atomic E-state index is 12.1. The molecular weight excluding hydrogens is 274 g/mol. The van der Waals surface area contributed by atoms with Crippen molar-refractivity contribution >= 4 is 17.2 Å². The van der Waals surface area contributed by atoms with Crippen LogP contribution < -0.4 is 10.6 Å². The topological polar surface area (TPSA) is 79.8 Å². The van der Waals surface area contributed by atoms with Crippen molar-refractivity contribution in [3.05, 3.63) is 29.5 Å². The van der Waals surface area contributed by atoms with Crippen LogP contribution >= 0.6 is 11.3 Å². The van der Waals surface area contributed by atoms with Crippen LogP contribution in [0.1, 0.15) is 22.5 Å². The third-order valence-electron chi connectivity index (χ3n) is 3.12. The van der Waals surface area contributed by atoms with Crippen LogP contribution in [0, 0.1) is 0 Å². The molecule has 0 radical (unpaired) electrons. The number of nitrogens with zero attached hydrogens (tertiary/aromatic N) is 3. The molecule has 1 fully saturated rings. The summed E-state index contributed by atoms with van der Waals surface area (Å²) in [5.41, 5.74) is 0. The minimum atomic E-state index is -0.0709. The summed E-state index contributed by atoms with van der Waals surface area (Å²) in [5.74, 6) is 0.481. The van der Waals surface area contributed by atoms with Gasteiger partial charge in [0.05, 0.1) is 6.20 Å². The standard InChI is InChI=1S/C13H15N5OS/c19-12(18-9-3-1-4-14-7-9)10-8-17-13(20-10)11-15-5-2-6-16-11/h2,5-6,8-9,14H,1,3-4,7H2,(H,18,19). The molecule has 0 aliphatic carbocycles. The Morgan fingerprint density at radius 3 is 2.95 bits per heavy atom. The number of nitrogens with one attached hydrogen (secondary N) is 2. The Kier molecular flexibility index (Phi) is 3.98. The van der Waals surface area contributed by atoms with Crippen LogP contribution in [0.15, 0.2) is 24.7 Å². The fraction of sp³-hybridized carbons (Fsp3) is 0.385. The van der Waals surface area contributed by atoms with E-state index in [1.54, 1.807) is 24.7 Å². The molecule has 0 bridgehead atoms. The minimum absolute atomic E-state index is 0.0709. The van der Waals surface area contributed by atoms with Crippen LogP contribution in [0.4, 0.5) is 0 Å². The van der Waals surface area contributed by atoms with Gasteiger partial charge in [-0.15, -0.1) is 11.3 Å². The van der Waals surface area contributed by atoms with Gasteiger partial charge < -0.3 is 10.6 Å². The smallest absolute Gasteiger partial charge is 0.263 e. The molecule has 3 rings (SSSR count). The van der Waals surface area contributed by atoms with Crippen molar-refractivity contribution < 1.29 is 4.79 Å². The molecule has 1 saturated heterocycles. The van der Waals surface area contributed by atoms with Crippen LogP contribution in [-0.4, -0.2) is 40.0 Å². The molecule has 104 valence electrons. The van der Waals surface area contributed by atoms with E-state index in [1.165, 1.54) is 11.3 Å². The average molecular weight is 289 g/mol. The lowest BCUT2D eigenvalue weighted by Crippen LogP contribution is -2.45. The van der Waals surface area contributed by atoms with Gasteiger partial charge in [0, 0.05) is 25.0 Å². The molecule has 1 atom stereocenters. The van der Waals surface area contributed by atoms with Gasteiger partial charge in [-0.05, 0) is 25.5 Å². The number of piperidine rings is 1. The van der Waals surface area contributed by atoms with E-state index in [0.717, 1.165) is 25.9 Å². The minimum Gasteiger partial charge on any atom is -0.347 e. The highest BCUT2D eigenvalue weighted by molar-refractivity contribution is 7.16. The van der Waals surface area contributed by atoms with E-state index in [2.05, 4.69) is 25.6 Å². The number of carbonyl (C=O) groups excluding carboxylic acids is 1. The largest absolute Gasteiger partial charge is 0.347 e. The first-order valence-electron chi connectivity index (χ1n) is 6.58. The van der Waals surface area contributed by atoms with Gasteiger partial charge in [-0.3, -0.25) is 4.79 Å². The lowest BCUT2D eigenvalue weighted by Gasteiger charge is -2.23. The predicted octanol–water partition coefficient (Wildman–Crippen LogP) is 1.08. The van der Waals surface area contributed by atoms with E-state index in [1.807, 2.05) is 0 Å². The van der Waals surface area contributed by atoms with Crippen molar-refractivity contribution in [1.29, 1.82) is 0 Å². The van der Waals surface area contributed by atoms with E-state index in [0.29, 0.717) is 15.7 Å². The fourth-order valence-corrected chi connectivity index (χ4v) is 2.89. The van der Waals surface area contributed by atoms with Gasteiger partial charge >= 0.3 is 0 Å². The van der Waals surface area contributed by atoms with E-state index in [4.69, 9.17) is 0 Å². The quantitative estimate of drug-likeness (QED) is 0.884. The van der Waals surface area contributed by atoms with Crippen LogP contribution in [-0.2, 0) is 0 Å². The zero-order chi connectivity index (χ0) is 13.8. The number of hydrogen-bond acceptors (Lipinski definition) is 6. The molecule has 1 amide bonds. The molecule has 7 heteroatoms. The molecule has 1 unspecified atom stereocenters. The summed E-state index contributed by atoms with van der Waals surface area (Å²) < 4.78 is 0. The van der Waals surface area contributed by atoms with Gasteiger partial charge in [0.15, 0.2) is 10.8 Å². The van der Waals surface area contributed by atoms with E-state index in [9.17, 15) is 4.79 Å². The van der Waals surface area contributed by atoms with Crippen LogP contribution in [0.3, 0.4) is 0 Å². The molecule has 3 heterocycles. The average Bonchev–Trinajstić information content (AvgIpc) is 2.99. The Balaban J connectivity index is 1.68. The Morgan fingerprint density at radius 2 is 2.20 bits per heavy atom. The number of rotatable bonds is 3. The van der Waals surface area contributed by atoms with Gasteiger partial charge in [-0.2, -0.15) is 0 Å². The lowest BCUT2D eigenvalue weighted by atomic mass is 10.1. The Labute approximate surface area is 120 Å². The Hall–Kier alpha value is -1.86. The summed E-state index contributed by atoms with van der Waals surface area (Å²) >= 11 is 1.31. The van der Waals surface area contributed by atoms with Crippen LogP contribution in [0.25, 0.3) is 10.8 Å². The molecule has 20 heavy (non-hydrogen) atoms. The SMILES string of the molecule is O=C(NC1CCCNC1)c1cnc(-c2ncccn2)s1. The van der Waals surface area contributed by atoms with Gasteiger partial charge in [0.2, 0.25) is 0 Å². The molecule has 2 aromatic rings. The zero-order valence-electron chi connectivity index (χ0n) is 10.9. The number of hydrogen-bond donors (Lipinski definition) is 2. The van der Waals surface area contributed by atoms with Gasteiger partial charge in [-0.1, -0.05) is 0 Å². The maximum Gasteiger partial charge on any atom is 0.263 e. The molecule has 0 saturated carbocycles. The second kappa shape index (κ2) is 6.06. The van der Waals surface area contributed by atoms with Crippen LogP contribution in [0.5, 0.6) is 0 Å². The van der Waals surface area contributed by atoms with Crippen molar-refractivity contribution in [2.45, 2.75) is 18.9 Å². The third kappa shape index (κ3) is 3.00. The summed E-state index contributed by atoms with van der Waals surface area (Å²) in [4.78, 5) is 25.2. The number of amides is 1. The summed E-state index contributed by atoms with van der Waals surface area (Å²) in [6.07, 6.45) is 7.03. The van der Waals surface area contributed by atoms with E-state index in [-0.39, 0.29) is 11.9 Å². The molecule has 0 aromatic carbocycles. The third-order valence-corrected chi connectivity index (χ3v) is 4.11. The molecule has 1 aliphatic rings. The first-order chi connectivity index (χ1) is 9.83. The Bertz CT molecular complexity index is 579. The second-order valence-electron chi connectivity index (χ2n) is 4.62. The van der Waals surface area contributed by atoms with Gasteiger partial charge in [0.25, 0.3) is 5.91 Å². The first kappa shape index (κ1) is 13.1. The van der Waals surface area contributed by atoms with Gasteiger partial charge in [-0.25, -0.2) is 15.0 Å². The maximum absolute atomic E-state index is 12.1. The summed E-state index contributed by atoms with van der Waals surface area (Å²) in [5, 5.41) is 6.97. The number of carbonyl (C=O) groups is 1. The van der Waals surface area contributed by atoms with Crippen molar-refractivity contribution in [3.63, 3.8) is 0 Å². The van der Waals surface area contributed by atoms with Crippen molar-refractivity contribution in [2.75, 3.05) is 13.1 Å². The zero-order valence-corrected chi connectivity index (χ0v) is 11.7. The van der Waals surface area contributed by atoms with E-state index >= 15 is 0 Å². The monoisotopic (exact) mass is 289 g/mol. The molecule has 6 nitrogen and oxygen atoms in total. The van der Waals surface area contributed by atoms with Gasteiger partial charge in [0.1, 0.15) is 4.88 Å². The second-order valence-corrected chi connectivity index (χ2v) is 5.65. The number of aromatic nitrogens is 3. The highest BCUT2D eigenvalue weighted by Crippen LogP contribution is 2.21. The normalized spacial score (nSPS) is 18.7. The highest BCUT2D eigenvalue weighted by atomic mass is 32.1. The van der Waals surface area contributed by atoms with Crippen molar-refractivity contribution in [1.82, 2.24) is 25.6 Å². The molecule has 2 N–H and O–H groups in total. The summed E-state index contributed by atoms with van der Waals surface area (Å²) in [6, 6.07) is 1.95. The van der Waals surface area contributed by atoms with Crippen molar-refractivity contribution in [3.8, 4) is 10.8 Å². The number of thiazole rings is 1. The molecule has 0 spiro atoms. The molecular formula is C13H15N5OS.